The Morgan fingerprint density at radius 1 is 1.10 bits per heavy atom. The van der Waals surface area contributed by atoms with E-state index in [1.54, 1.807) is 0 Å². The Bertz CT molecular complexity index is 262. The predicted molar refractivity (Wildman–Crippen MR) is 77.6 cm³/mol. The molecule has 0 radical (unpaired) electrons. The maximum atomic E-state index is 9.71. The largest absolute Gasteiger partial charge is 0.393 e. The van der Waals surface area contributed by atoms with Gasteiger partial charge in [0.05, 0.1) is 32.5 Å². The van der Waals surface area contributed by atoms with Crippen molar-refractivity contribution in [1.82, 2.24) is 0 Å². The number of hydrogen-bond donors (Lipinski definition) is 1. The summed E-state index contributed by atoms with van der Waals surface area (Å²) in [6, 6.07) is 0. The SMILES string of the molecule is C(OCC1CO1)C1CO1.CC1CCC(C(C)C)C(O)C1. The lowest BCUT2D eigenvalue weighted by Gasteiger charge is -2.33. The van der Waals surface area contributed by atoms with Crippen molar-refractivity contribution in [3.05, 3.63) is 0 Å². The molecule has 1 aliphatic carbocycles. The highest BCUT2D eigenvalue weighted by Gasteiger charge is 2.28. The van der Waals surface area contributed by atoms with Crippen LogP contribution in [-0.4, -0.2) is 49.8 Å². The molecule has 4 heteroatoms. The minimum absolute atomic E-state index is 0.0289. The number of aliphatic hydroxyl groups is 1. The lowest BCUT2D eigenvalue weighted by atomic mass is 9.75. The molecule has 0 spiro atoms. The van der Waals surface area contributed by atoms with Gasteiger partial charge in [0.15, 0.2) is 0 Å². The highest BCUT2D eigenvalue weighted by molar-refractivity contribution is 4.79. The number of epoxide rings is 2. The molecule has 2 saturated heterocycles. The first-order valence-electron chi connectivity index (χ1n) is 8.05. The van der Waals surface area contributed by atoms with E-state index < -0.39 is 0 Å². The van der Waals surface area contributed by atoms with Gasteiger partial charge in [-0.15, -0.1) is 0 Å². The molecule has 0 amide bonds. The Morgan fingerprint density at radius 3 is 2.05 bits per heavy atom. The lowest BCUT2D eigenvalue weighted by molar-refractivity contribution is 0.0266. The van der Waals surface area contributed by atoms with Crippen LogP contribution in [0.5, 0.6) is 0 Å². The third-order valence-corrected chi connectivity index (χ3v) is 4.40. The van der Waals surface area contributed by atoms with Crippen molar-refractivity contribution >= 4 is 0 Å². The van der Waals surface area contributed by atoms with Crippen molar-refractivity contribution in [2.75, 3.05) is 26.4 Å². The topological polar surface area (TPSA) is 54.5 Å². The number of aliphatic hydroxyl groups excluding tert-OH is 1. The average Bonchev–Trinajstić information content (AvgIpc) is 3.24. The molecule has 1 saturated carbocycles. The van der Waals surface area contributed by atoms with E-state index in [0.717, 1.165) is 38.8 Å². The third kappa shape index (κ3) is 6.08. The van der Waals surface area contributed by atoms with E-state index in [1.807, 2.05) is 0 Å². The maximum Gasteiger partial charge on any atom is 0.104 e. The molecule has 1 N–H and O–H groups in total. The van der Waals surface area contributed by atoms with Crippen LogP contribution in [0, 0.1) is 17.8 Å². The van der Waals surface area contributed by atoms with Gasteiger partial charge >= 0.3 is 0 Å². The van der Waals surface area contributed by atoms with Crippen molar-refractivity contribution in [3.8, 4) is 0 Å². The molecule has 5 unspecified atom stereocenters. The van der Waals surface area contributed by atoms with Crippen molar-refractivity contribution in [1.29, 1.82) is 0 Å². The summed E-state index contributed by atoms with van der Waals surface area (Å²) in [6.45, 7) is 9.92. The maximum absolute atomic E-state index is 9.71. The molecular weight excluding hydrogens is 256 g/mol. The second kappa shape index (κ2) is 7.74. The summed E-state index contributed by atoms with van der Waals surface area (Å²) in [4.78, 5) is 0. The van der Waals surface area contributed by atoms with E-state index in [-0.39, 0.29) is 6.10 Å². The van der Waals surface area contributed by atoms with E-state index in [9.17, 15) is 5.11 Å². The molecule has 3 aliphatic rings. The monoisotopic (exact) mass is 286 g/mol. The summed E-state index contributed by atoms with van der Waals surface area (Å²) < 4.78 is 15.1. The Balaban J connectivity index is 0.000000149. The number of rotatable bonds is 5. The van der Waals surface area contributed by atoms with Crippen LogP contribution in [0.2, 0.25) is 0 Å². The molecular formula is C16H30O4. The number of hydrogen-bond acceptors (Lipinski definition) is 4. The first-order chi connectivity index (χ1) is 9.56. The van der Waals surface area contributed by atoms with Crippen LogP contribution in [0.4, 0.5) is 0 Å². The van der Waals surface area contributed by atoms with E-state index in [4.69, 9.17) is 14.2 Å². The fraction of sp³-hybridized carbons (Fsp3) is 1.00. The van der Waals surface area contributed by atoms with Gasteiger partial charge in [0.2, 0.25) is 0 Å². The van der Waals surface area contributed by atoms with Gasteiger partial charge in [-0.25, -0.2) is 0 Å². The number of ether oxygens (including phenoxy) is 3. The van der Waals surface area contributed by atoms with Crippen LogP contribution in [-0.2, 0) is 14.2 Å². The summed E-state index contributed by atoms with van der Waals surface area (Å²) in [6.07, 6.45) is 4.30. The molecule has 5 atom stereocenters. The van der Waals surface area contributed by atoms with Gasteiger partial charge < -0.3 is 19.3 Å². The van der Waals surface area contributed by atoms with Crippen LogP contribution in [0.25, 0.3) is 0 Å². The summed E-state index contributed by atoms with van der Waals surface area (Å²) in [5, 5.41) is 9.71. The van der Waals surface area contributed by atoms with Gasteiger partial charge in [0.25, 0.3) is 0 Å². The minimum Gasteiger partial charge on any atom is -0.393 e. The Hall–Kier alpha value is -0.160. The zero-order valence-electron chi connectivity index (χ0n) is 13.1. The van der Waals surface area contributed by atoms with Crippen LogP contribution < -0.4 is 0 Å². The van der Waals surface area contributed by atoms with Crippen molar-refractivity contribution in [3.63, 3.8) is 0 Å². The second-order valence-corrected chi connectivity index (χ2v) is 6.84. The second-order valence-electron chi connectivity index (χ2n) is 6.84. The van der Waals surface area contributed by atoms with E-state index in [0.29, 0.717) is 24.0 Å². The third-order valence-electron chi connectivity index (χ3n) is 4.40. The molecule has 2 aliphatic heterocycles. The molecule has 0 bridgehead atoms. The van der Waals surface area contributed by atoms with E-state index in [1.165, 1.54) is 12.8 Å². The van der Waals surface area contributed by atoms with Crippen molar-refractivity contribution < 1.29 is 19.3 Å². The van der Waals surface area contributed by atoms with E-state index >= 15 is 0 Å². The standard InChI is InChI=1S/C10H20O.C6H10O3/c1-7(2)9-5-4-8(3)6-10(9)11;1(5-3-8-5)7-2-6-4-9-6/h7-11H,4-6H2,1-3H3;5-6H,1-4H2. The smallest absolute Gasteiger partial charge is 0.104 e. The van der Waals surface area contributed by atoms with Crippen molar-refractivity contribution in [2.24, 2.45) is 17.8 Å². The first-order valence-corrected chi connectivity index (χ1v) is 8.05. The fourth-order valence-corrected chi connectivity index (χ4v) is 2.81. The Kier molecular flexibility index (Phi) is 6.27. The van der Waals surface area contributed by atoms with Crippen LogP contribution >= 0.6 is 0 Å². The van der Waals surface area contributed by atoms with Gasteiger partial charge in [0.1, 0.15) is 12.2 Å². The minimum atomic E-state index is -0.0289. The first kappa shape index (κ1) is 16.2. The highest BCUT2D eigenvalue weighted by atomic mass is 16.6. The molecule has 20 heavy (non-hydrogen) atoms. The Labute approximate surface area is 122 Å². The molecule has 118 valence electrons. The molecule has 0 aromatic heterocycles. The highest BCUT2D eigenvalue weighted by Crippen LogP contribution is 2.33. The normalized spacial score (nSPS) is 39.1. The molecule has 0 aromatic carbocycles. The summed E-state index contributed by atoms with van der Waals surface area (Å²) in [7, 11) is 0. The van der Waals surface area contributed by atoms with Crippen molar-refractivity contribution in [2.45, 2.75) is 58.3 Å². The predicted octanol–water partition coefficient (Wildman–Crippen LogP) is 2.24. The molecule has 3 fully saturated rings. The van der Waals surface area contributed by atoms with Crippen LogP contribution in [0.3, 0.4) is 0 Å². The summed E-state index contributed by atoms with van der Waals surface area (Å²) in [5.74, 6) is 1.95. The molecule has 3 rings (SSSR count). The Morgan fingerprint density at radius 2 is 1.65 bits per heavy atom. The molecule has 0 aromatic rings. The summed E-state index contributed by atoms with van der Waals surface area (Å²) >= 11 is 0. The van der Waals surface area contributed by atoms with Gasteiger partial charge in [-0.1, -0.05) is 27.2 Å². The molecule has 2 heterocycles. The molecule has 4 nitrogen and oxygen atoms in total. The fourth-order valence-electron chi connectivity index (χ4n) is 2.81. The van der Waals surface area contributed by atoms with Gasteiger partial charge in [0, 0.05) is 0 Å². The van der Waals surface area contributed by atoms with Gasteiger partial charge in [-0.2, -0.15) is 0 Å². The van der Waals surface area contributed by atoms with Gasteiger partial charge in [-0.05, 0) is 30.6 Å². The van der Waals surface area contributed by atoms with Crippen LogP contribution in [0.1, 0.15) is 40.0 Å². The zero-order valence-corrected chi connectivity index (χ0v) is 13.1. The van der Waals surface area contributed by atoms with E-state index in [2.05, 4.69) is 20.8 Å². The zero-order chi connectivity index (χ0) is 14.5. The van der Waals surface area contributed by atoms with Crippen LogP contribution in [0.15, 0.2) is 0 Å². The summed E-state index contributed by atoms with van der Waals surface area (Å²) in [5.41, 5.74) is 0. The average molecular weight is 286 g/mol. The van der Waals surface area contributed by atoms with Gasteiger partial charge in [-0.3, -0.25) is 0 Å². The lowest BCUT2D eigenvalue weighted by Crippen LogP contribution is -2.31. The quantitative estimate of drug-likeness (QED) is 0.788.